The van der Waals surface area contributed by atoms with Crippen LogP contribution in [0.3, 0.4) is 0 Å². The van der Waals surface area contributed by atoms with Gasteiger partial charge in [-0.3, -0.25) is 0 Å². The number of rotatable bonds is 0. The van der Waals surface area contributed by atoms with Gasteiger partial charge in [-0.15, -0.1) is 0 Å². The number of hydrogen-bond acceptors (Lipinski definition) is 2. The van der Waals surface area contributed by atoms with Crippen molar-refractivity contribution in [3.63, 3.8) is 0 Å². The summed E-state index contributed by atoms with van der Waals surface area (Å²) in [6, 6.07) is 6.08. The van der Waals surface area contributed by atoms with E-state index in [-0.39, 0.29) is 0 Å². The summed E-state index contributed by atoms with van der Waals surface area (Å²) in [5.41, 5.74) is 3.36. The Labute approximate surface area is 78.4 Å². The lowest BCUT2D eigenvalue weighted by Crippen LogP contribution is -2.26. The number of fused-ring (bicyclic) bond motifs is 1. The zero-order valence-corrected chi connectivity index (χ0v) is 8.00. The first-order chi connectivity index (χ1) is 6.20. The van der Waals surface area contributed by atoms with Gasteiger partial charge in [-0.1, -0.05) is 18.7 Å². The van der Waals surface area contributed by atoms with Gasteiger partial charge in [0.15, 0.2) is 0 Å². The van der Waals surface area contributed by atoms with Crippen LogP contribution >= 0.6 is 0 Å². The number of hydrogen-bond donors (Lipinski definition) is 0. The second-order valence-corrected chi connectivity index (χ2v) is 3.34. The number of likely N-dealkylation sites (N-methyl/N-ethyl adjacent to an activating group) is 1. The molecule has 2 heteroatoms. The summed E-state index contributed by atoms with van der Waals surface area (Å²) in [5.74, 6) is 0.954. The number of para-hydroxylation sites is 1. The summed E-state index contributed by atoms with van der Waals surface area (Å²) < 4.78 is 5.55. The highest BCUT2D eigenvalue weighted by molar-refractivity contribution is 5.67. The molecule has 0 fully saturated rings. The monoisotopic (exact) mass is 175 g/mol. The number of nitrogens with zero attached hydrogens (tertiary/aromatic N) is 1. The molecule has 0 N–H and O–H groups in total. The molecule has 1 aromatic rings. The summed E-state index contributed by atoms with van der Waals surface area (Å²) in [5, 5.41) is 0. The van der Waals surface area contributed by atoms with Crippen LogP contribution in [0.1, 0.15) is 5.56 Å². The number of benzene rings is 1. The van der Waals surface area contributed by atoms with Gasteiger partial charge in [0.1, 0.15) is 12.4 Å². The third-order valence-electron chi connectivity index (χ3n) is 2.40. The Morgan fingerprint density at radius 3 is 3.00 bits per heavy atom. The van der Waals surface area contributed by atoms with Gasteiger partial charge in [0.25, 0.3) is 0 Å². The predicted octanol–water partition coefficient (Wildman–Crippen LogP) is 2.34. The fourth-order valence-corrected chi connectivity index (χ4v) is 1.59. The van der Waals surface area contributed by atoms with Crippen LogP contribution in [0.15, 0.2) is 30.5 Å². The maximum absolute atomic E-state index is 5.55. The summed E-state index contributed by atoms with van der Waals surface area (Å²) in [6.45, 7) is 6.61. The minimum atomic E-state index is 0.590. The molecule has 68 valence electrons. The van der Waals surface area contributed by atoms with Crippen LogP contribution in [0, 0.1) is 6.92 Å². The highest BCUT2D eigenvalue weighted by atomic mass is 16.5. The van der Waals surface area contributed by atoms with Gasteiger partial charge in [0.05, 0.1) is 5.69 Å². The van der Waals surface area contributed by atoms with Gasteiger partial charge in [0.2, 0.25) is 0 Å². The standard InChI is InChI=1S/C11H13NO/c1-8-5-4-6-10-11(8)12(3)9(2)7-13-10/h4-6H,2,7H2,1,3H3. The van der Waals surface area contributed by atoms with E-state index in [1.54, 1.807) is 0 Å². The molecule has 0 amide bonds. The van der Waals surface area contributed by atoms with Gasteiger partial charge >= 0.3 is 0 Å². The van der Waals surface area contributed by atoms with E-state index in [1.807, 2.05) is 19.2 Å². The first-order valence-electron chi connectivity index (χ1n) is 4.34. The summed E-state index contributed by atoms with van der Waals surface area (Å²) in [6.07, 6.45) is 0. The Balaban J connectivity index is 2.57. The molecule has 0 spiro atoms. The minimum Gasteiger partial charge on any atom is -0.485 e. The molecular formula is C11H13NO. The first kappa shape index (κ1) is 8.17. The van der Waals surface area contributed by atoms with Crippen LogP contribution in [0.2, 0.25) is 0 Å². The average molecular weight is 175 g/mol. The topological polar surface area (TPSA) is 12.5 Å². The van der Waals surface area contributed by atoms with Crippen LogP contribution in [0.4, 0.5) is 5.69 Å². The van der Waals surface area contributed by atoms with Crippen molar-refractivity contribution in [3.05, 3.63) is 36.0 Å². The van der Waals surface area contributed by atoms with Crippen molar-refractivity contribution in [2.24, 2.45) is 0 Å². The highest BCUT2D eigenvalue weighted by Crippen LogP contribution is 2.36. The van der Waals surface area contributed by atoms with Crippen molar-refractivity contribution in [2.75, 3.05) is 18.6 Å². The second-order valence-electron chi connectivity index (χ2n) is 3.34. The van der Waals surface area contributed by atoms with Gasteiger partial charge in [0, 0.05) is 12.7 Å². The zero-order valence-electron chi connectivity index (χ0n) is 8.00. The van der Waals surface area contributed by atoms with Gasteiger partial charge in [-0.2, -0.15) is 0 Å². The van der Waals surface area contributed by atoms with Crippen molar-refractivity contribution in [1.29, 1.82) is 0 Å². The molecule has 13 heavy (non-hydrogen) atoms. The van der Waals surface area contributed by atoms with Crippen LogP contribution < -0.4 is 9.64 Å². The highest BCUT2D eigenvalue weighted by Gasteiger charge is 2.18. The molecule has 1 heterocycles. The smallest absolute Gasteiger partial charge is 0.143 e. The van der Waals surface area contributed by atoms with Crippen molar-refractivity contribution in [1.82, 2.24) is 0 Å². The molecule has 0 bridgehead atoms. The number of aryl methyl sites for hydroxylation is 1. The van der Waals surface area contributed by atoms with Gasteiger partial charge in [-0.05, 0) is 18.6 Å². The van der Waals surface area contributed by atoms with Crippen LogP contribution in [-0.4, -0.2) is 13.7 Å². The van der Waals surface area contributed by atoms with Crippen molar-refractivity contribution >= 4 is 5.69 Å². The fourth-order valence-electron chi connectivity index (χ4n) is 1.59. The van der Waals surface area contributed by atoms with Gasteiger partial charge in [-0.25, -0.2) is 0 Å². The SMILES string of the molecule is C=C1COc2cccc(C)c2N1C. The van der Waals surface area contributed by atoms with E-state index in [0.29, 0.717) is 6.61 Å². The molecule has 2 rings (SSSR count). The molecule has 0 saturated heterocycles. The normalized spacial score (nSPS) is 15.2. The van der Waals surface area contributed by atoms with Crippen LogP contribution in [0.5, 0.6) is 5.75 Å². The largest absolute Gasteiger partial charge is 0.485 e. The Hall–Kier alpha value is -1.44. The first-order valence-corrected chi connectivity index (χ1v) is 4.34. The van der Waals surface area contributed by atoms with Crippen molar-refractivity contribution in [3.8, 4) is 5.75 Å². The van der Waals surface area contributed by atoms with E-state index in [2.05, 4.69) is 24.5 Å². The Morgan fingerprint density at radius 2 is 2.23 bits per heavy atom. The van der Waals surface area contributed by atoms with Gasteiger partial charge < -0.3 is 9.64 Å². The average Bonchev–Trinajstić information content (AvgIpc) is 2.12. The second kappa shape index (κ2) is 2.80. The van der Waals surface area contributed by atoms with E-state index in [4.69, 9.17) is 4.74 Å². The molecule has 0 saturated carbocycles. The molecule has 1 aliphatic rings. The molecule has 1 aromatic carbocycles. The summed E-state index contributed by atoms with van der Waals surface area (Å²) >= 11 is 0. The van der Waals surface area contributed by atoms with E-state index in [0.717, 1.165) is 17.1 Å². The molecule has 0 aromatic heterocycles. The quantitative estimate of drug-likeness (QED) is 0.600. The zero-order chi connectivity index (χ0) is 9.42. The summed E-state index contributed by atoms with van der Waals surface area (Å²) in [7, 11) is 2.02. The van der Waals surface area contributed by atoms with E-state index >= 15 is 0 Å². The Morgan fingerprint density at radius 1 is 1.46 bits per heavy atom. The van der Waals surface area contributed by atoms with Crippen molar-refractivity contribution in [2.45, 2.75) is 6.92 Å². The molecule has 0 atom stereocenters. The number of ether oxygens (including phenoxy) is 1. The van der Waals surface area contributed by atoms with E-state index in [9.17, 15) is 0 Å². The molecule has 0 unspecified atom stereocenters. The van der Waals surface area contributed by atoms with E-state index in [1.165, 1.54) is 5.56 Å². The maximum atomic E-state index is 5.55. The van der Waals surface area contributed by atoms with Crippen molar-refractivity contribution < 1.29 is 4.74 Å². The lowest BCUT2D eigenvalue weighted by Gasteiger charge is -2.30. The molecule has 2 nitrogen and oxygen atoms in total. The van der Waals surface area contributed by atoms with Crippen LogP contribution in [0.25, 0.3) is 0 Å². The predicted molar refractivity (Wildman–Crippen MR) is 54.2 cm³/mol. The fraction of sp³-hybridized carbons (Fsp3) is 0.273. The lowest BCUT2D eigenvalue weighted by molar-refractivity contribution is 0.338. The Bertz CT molecular complexity index is 357. The third kappa shape index (κ3) is 1.18. The maximum Gasteiger partial charge on any atom is 0.143 e. The molecule has 1 aliphatic heterocycles. The Kier molecular flexibility index (Phi) is 1.76. The summed E-state index contributed by atoms with van der Waals surface area (Å²) in [4.78, 5) is 2.09. The molecule has 0 aliphatic carbocycles. The third-order valence-corrected chi connectivity index (χ3v) is 2.40. The van der Waals surface area contributed by atoms with Crippen LogP contribution in [-0.2, 0) is 0 Å². The minimum absolute atomic E-state index is 0.590. The number of anilines is 1. The molecule has 0 radical (unpaired) electrons. The molecular weight excluding hydrogens is 162 g/mol. The van der Waals surface area contributed by atoms with E-state index < -0.39 is 0 Å². The lowest BCUT2D eigenvalue weighted by atomic mass is 10.1.